The highest BCUT2D eigenvalue weighted by atomic mass is 16.5. The maximum atomic E-state index is 12.0. The number of methoxy groups -OCH3 is 1. The summed E-state index contributed by atoms with van der Waals surface area (Å²) in [7, 11) is 1.65. The van der Waals surface area contributed by atoms with Gasteiger partial charge >= 0.3 is 0 Å². The van der Waals surface area contributed by atoms with Crippen LogP contribution in [-0.2, 0) is 6.42 Å². The lowest BCUT2D eigenvalue weighted by molar-refractivity contribution is 0.0952. The zero-order valence-electron chi connectivity index (χ0n) is 12.0. The van der Waals surface area contributed by atoms with Gasteiger partial charge in [0.2, 0.25) is 0 Å². The number of aryl methyl sites for hydroxylation is 2. The molecule has 1 aromatic heterocycles. The molecule has 1 heterocycles. The van der Waals surface area contributed by atoms with Crippen LogP contribution in [0.3, 0.4) is 0 Å². The standard InChI is InChI=1S/C16H19NO3/c1-11-10-14(12(2)20-11)16(18)17-9-8-13-6-4-5-7-15(13)19-3/h4-7,10H,8-9H2,1-3H3,(H,17,18). The van der Waals surface area contributed by atoms with Gasteiger partial charge in [0.1, 0.15) is 17.3 Å². The van der Waals surface area contributed by atoms with Crippen molar-refractivity contribution < 1.29 is 13.9 Å². The van der Waals surface area contributed by atoms with Crippen molar-refractivity contribution in [1.82, 2.24) is 5.32 Å². The molecule has 106 valence electrons. The molecule has 1 amide bonds. The first-order chi connectivity index (χ1) is 9.61. The van der Waals surface area contributed by atoms with Gasteiger partial charge in [0, 0.05) is 6.54 Å². The van der Waals surface area contributed by atoms with Crippen LogP contribution in [0.4, 0.5) is 0 Å². The van der Waals surface area contributed by atoms with Crippen LogP contribution in [0.1, 0.15) is 27.4 Å². The summed E-state index contributed by atoms with van der Waals surface area (Å²) in [6.07, 6.45) is 0.728. The molecule has 0 aliphatic carbocycles. The van der Waals surface area contributed by atoms with Crippen LogP contribution in [0.2, 0.25) is 0 Å². The number of rotatable bonds is 5. The summed E-state index contributed by atoms with van der Waals surface area (Å²) in [4.78, 5) is 12.0. The number of carbonyl (C=O) groups is 1. The molecule has 0 spiro atoms. The lowest BCUT2D eigenvalue weighted by atomic mass is 10.1. The SMILES string of the molecule is COc1ccccc1CCNC(=O)c1cc(C)oc1C. The van der Waals surface area contributed by atoms with Crippen molar-refractivity contribution in [2.75, 3.05) is 13.7 Å². The van der Waals surface area contributed by atoms with Crippen molar-refractivity contribution >= 4 is 5.91 Å². The molecule has 1 N–H and O–H groups in total. The predicted molar refractivity (Wildman–Crippen MR) is 77.2 cm³/mol. The molecule has 20 heavy (non-hydrogen) atoms. The van der Waals surface area contributed by atoms with Gasteiger partial charge in [-0.1, -0.05) is 18.2 Å². The average molecular weight is 273 g/mol. The van der Waals surface area contributed by atoms with E-state index in [-0.39, 0.29) is 5.91 Å². The molecule has 0 saturated heterocycles. The molecule has 0 bridgehead atoms. The van der Waals surface area contributed by atoms with Gasteiger partial charge in [0.25, 0.3) is 5.91 Å². The van der Waals surface area contributed by atoms with Gasteiger partial charge in [-0.15, -0.1) is 0 Å². The molecule has 0 radical (unpaired) electrons. The summed E-state index contributed by atoms with van der Waals surface area (Å²) in [6, 6.07) is 9.56. The minimum absolute atomic E-state index is 0.103. The van der Waals surface area contributed by atoms with E-state index in [9.17, 15) is 4.79 Å². The third-order valence-corrected chi connectivity index (χ3v) is 3.16. The summed E-state index contributed by atoms with van der Waals surface area (Å²) < 4.78 is 10.6. The second kappa shape index (κ2) is 6.28. The first kappa shape index (κ1) is 14.2. The fourth-order valence-electron chi connectivity index (χ4n) is 2.17. The molecular formula is C16H19NO3. The minimum atomic E-state index is -0.103. The molecule has 4 heteroatoms. The van der Waals surface area contributed by atoms with E-state index in [1.807, 2.05) is 31.2 Å². The van der Waals surface area contributed by atoms with Gasteiger partial charge in [-0.05, 0) is 38.0 Å². The van der Waals surface area contributed by atoms with Crippen LogP contribution in [0.5, 0.6) is 5.75 Å². The fraction of sp³-hybridized carbons (Fsp3) is 0.312. The summed E-state index contributed by atoms with van der Waals surface area (Å²) in [5.41, 5.74) is 1.68. The van der Waals surface area contributed by atoms with Crippen molar-refractivity contribution in [2.24, 2.45) is 0 Å². The molecule has 0 aliphatic heterocycles. The normalized spacial score (nSPS) is 10.3. The van der Waals surface area contributed by atoms with E-state index in [1.54, 1.807) is 20.1 Å². The van der Waals surface area contributed by atoms with E-state index in [1.165, 1.54) is 0 Å². The van der Waals surface area contributed by atoms with Crippen LogP contribution < -0.4 is 10.1 Å². The van der Waals surface area contributed by atoms with Gasteiger partial charge in [0.15, 0.2) is 0 Å². The molecule has 0 atom stereocenters. The van der Waals surface area contributed by atoms with Gasteiger partial charge in [-0.3, -0.25) is 4.79 Å². The summed E-state index contributed by atoms with van der Waals surface area (Å²) in [5.74, 6) is 2.14. The maximum absolute atomic E-state index is 12.0. The second-order valence-corrected chi connectivity index (χ2v) is 4.64. The van der Waals surface area contributed by atoms with Crippen LogP contribution in [0, 0.1) is 13.8 Å². The van der Waals surface area contributed by atoms with E-state index in [2.05, 4.69) is 5.32 Å². The van der Waals surface area contributed by atoms with Crippen LogP contribution in [-0.4, -0.2) is 19.6 Å². The van der Waals surface area contributed by atoms with Crippen molar-refractivity contribution in [1.29, 1.82) is 0 Å². The smallest absolute Gasteiger partial charge is 0.254 e. The first-order valence-electron chi connectivity index (χ1n) is 6.59. The molecule has 0 aliphatic rings. The topological polar surface area (TPSA) is 51.5 Å². The quantitative estimate of drug-likeness (QED) is 0.911. The van der Waals surface area contributed by atoms with Gasteiger partial charge in [-0.25, -0.2) is 0 Å². The number of hydrogen-bond acceptors (Lipinski definition) is 3. The molecular weight excluding hydrogens is 254 g/mol. The maximum Gasteiger partial charge on any atom is 0.254 e. The number of benzene rings is 1. The number of carbonyl (C=O) groups excluding carboxylic acids is 1. The fourth-order valence-corrected chi connectivity index (χ4v) is 2.17. The number of amides is 1. The van der Waals surface area contributed by atoms with Gasteiger partial charge in [-0.2, -0.15) is 0 Å². The zero-order chi connectivity index (χ0) is 14.5. The van der Waals surface area contributed by atoms with E-state index >= 15 is 0 Å². The predicted octanol–water partition coefficient (Wildman–Crippen LogP) is 2.88. The Morgan fingerprint density at radius 3 is 2.70 bits per heavy atom. The molecule has 0 fully saturated rings. The van der Waals surface area contributed by atoms with Crippen molar-refractivity contribution in [3.8, 4) is 5.75 Å². The highest BCUT2D eigenvalue weighted by molar-refractivity contribution is 5.95. The minimum Gasteiger partial charge on any atom is -0.496 e. The number of hydrogen-bond donors (Lipinski definition) is 1. The Balaban J connectivity index is 1.93. The highest BCUT2D eigenvalue weighted by Gasteiger charge is 2.13. The third-order valence-electron chi connectivity index (χ3n) is 3.16. The highest BCUT2D eigenvalue weighted by Crippen LogP contribution is 2.17. The Hall–Kier alpha value is -2.23. The molecule has 0 unspecified atom stereocenters. The first-order valence-corrected chi connectivity index (χ1v) is 6.59. The third kappa shape index (κ3) is 3.20. The molecule has 2 aromatic rings. The largest absolute Gasteiger partial charge is 0.496 e. The monoisotopic (exact) mass is 273 g/mol. The van der Waals surface area contributed by atoms with Crippen LogP contribution in [0.25, 0.3) is 0 Å². The van der Waals surface area contributed by atoms with E-state index in [4.69, 9.17) is 9.15 Å². The van der Waals surface area contributed by atoms with Crippen molar-refractivity contribution in [3.63, 3.8) is 0 Å². The lowest BCUT2D eigenvalue weighted by Gasteiger charge is -2.08. The summed E-state index contributed by atoms with van der Waals surface area (Å²) >= 11 is 0. The summed E-state index contributed by atoms with van der Waals surface area (Å²) in [6.45, 7) is 4.18. The summed E-state index contributed by atoms with van der Waals surface area (Å²) in [5, 5.41) is 2.90. The van der Waals surface area contributed by atoms with Gasteiger partial charge in [0.05, 0.1) is 12.7 Å². The van der Waals surface area contributed by atoms with E-state index < -0.39 is 0 Å². The van der Waals surface area contributed by atoms with E-state index in [0.29, 0.717) is 17.9 Å². The lowest BCUT2D eigenvalue weighted by Crippen LogP contribution is -2.25. The van der Waals surface area contributed by atoms with Crippen molar-refractivity contribution in [3.05, 3.63) is 53.0 Å². The number of para-hydroxylation sites is 1. The molecule has 1 aromatic carbocycles. The Labute approximate surface area is 118 Å². The van der Waals surface area contributed by atoms with E-state index in [0.717, 1.165) is 23.5 Å². The molecule has 0 saturated carbocycles. The van der Waals surface area contributed by atoms with Gasteiger partial charge < -0.3 is 14.5 Å². The Bertz CT molecular complexity index is 602. The molecule has 4 nitrogen and oxygen atoms in total. The Kier molecular flexibility index (Phi) is 4.45. The van der Waals surface area contributed by atoms with Crippen LogP contribution >= 0.6 is 0 Å². The molecule has 2 rings (SSSR count). The Morgan fingerprint density at radius 1 is 1.30 bits per heavy atom. The van der Waals surface area contributed by atoms with Crippen molar-refractivity contribution in [2.45, 2.75) is 20.3 Å². The Morgan fingerprint density at radius 2 is 2.05 bits per heavy atom. The number of furan rings is 1. The number of nitrogens with one attached hydrogen (secondary N) is 1. The second-order valence-electron chi connectivity index (χ2n) is 4.64. The zero-order valence-corrected chi connectivity index (χ0v) is 12.0. The van der Waals surface area contributed by atoms with Crippen LogP contribution in [0.15, 0.2) is 34.7 Å². The number of ether oxygens (including phenoxy) is 1. The average Bonchev–Trinajstić information content (AvgIpc) is 2.78.